The van der Waals surface area contributed by atoms with Gasteiger partial charge in [0.25, 0.3) is 10.0 Å². The number of aryl methyl sites for hydroxylation is 1. The van der Waals surface area contributed by atoms with Crippen molar-refractivity contribution in [3.05, 3.63) is 33.3 Å². The first kappa shape index (κ1) is 19.1. The van der Waals surface area contributed by atoms with Gasteiger partial charge in [-0.1, -0.05) is 0 Å². The van der Waals surface area contributed by atoms with Gasteiger partial charge in [-0.05, 0) is 31.9 Å². The number of piperidine rings is 1. The van der Waals surface area contributed by atoms with Crippen molar-refractivity contribution < 1.29 is 21.6 Å². The minimum Gasteiger partial charge on any atom is -0.274 e. The molecular formula is C14H17F3N4O3S2. The normalized spacial score (nSPS) is 17.7. The monoisotopic (exact) mass is 410 g/mol. The van der Waals surface area contributed by atoms with Gasteiger partial charge in [0.15, 0.2) is 0 Å². The van der Waals surface area contributed by atoms with Gasteiger partial charge in [-0.15, -0.1) is 16.4 Å². The maximum atomic E-state index is 12.9. The van der Waals surface area contributed by atoms with E-state index in [1.54, 1.807) is 12.1 Å². The molecule has 1 aliphatic heterocycles. The van der Waals surface area contributed by atoms with Crippen molar-refractivity contribution >= 4 is 21.4 Å². The first-order valence-electron chi connectivity index (χ1n) is 7.81. The zero-order valence-corrected chi connectivity index (χ0v) is 15.7. The highest BCUT2D eigenvalue weighted by molar-refractivity contribution is 7.91. The molecular weight excluding hydrogens is 393 g/mol. The maximum Gasteiger partial charge on any atom is 0.451 e. The first-order chi connectivity index (χ1) is 12.0. The quantitative estimate of drug-likeness (QED) is 0.776. The highest BCUT2D eigenvalue weighted by Gasteiger charge is 2.39. The van der Waals surface area contributed by atoms with Crippen LogP contribution < -0.4 is 5.69 Å². The van der Waals surface area contributed by atoms with E-state index in [9.17, 15) is 26.4 Å². The van der Waals surface area contributed by atoms with Gasteiger partial charge in [-0.3, -0.25) is 4.57 Å². The molecule has 7 nitrogen and oxygen atoms in total. The van der Waals surface area contributed by atoms with Crippen LogP contribution in [0.5, 0.6) is 0 Å². The molecule has 2 aromatic heterocycles. The summed E-state index contributed by atoms with van der Waals surface area (Å²) in [7, 11) is -2.60. The Morgan fingerprint density at radius 1 is 1.23 bits per heavy atom. The predicted molar refractivity (Wildman–Crippen MR) is 88.6 cm³/mol. The topological polar surface area (TPSA) is 77.2 Å². The maximum absolute atomic E-state index is 12.9. The van der Waals surface area contributed by atoms with Crippen LogP contribution >= 0.6 is 11.3 Å². The van der Waals surface area contributed by atoms with Crippen LogP contribution in [0.2, 0.25) is 0 Å². The molecule has 0 aliphatic carbocycles. The molecule has 1 saturated heterocycles. The van der Waals surface area contributed by atoms with Crippen LogP contribution in [0.4, 0.5) is 13.2 Å². The van der Waals surface area contributed by atoms with Gasteiger partial charge in [0.05, 0.1) is 6.04 Å². The van der Waals surface area contributed by atoms with Crippen molar-refractivity contribution in [2.45, 2.75) is 36.2 Å². The highest BCUT2D eigenvalue weighted by atomic mass is 32.2. The van der Waals surface area contributed by atoms with Gasteiger partial charge in [-0.25, -0.2) is 17.9 Å². The van der Waals surface area contributed by atoms with Gasteiger partial charge in [-0.2, -0.15) is 17.5 Å². The number of alkyl halides is 3. The number of aromatic nitrogens is 3. The lowest BCUT2D eigenvalue weighted by molar-refractivity contribution is -0.147. The molecule has 0 aromatic carbocycles. The van der Waals surface area contributed by atoms with Crippen molar-refractivity contribution in [3.63, 3.8) is 0 Å². The van der Waals surface area contributed by atoms with Gasteiger partial charge in [0, 0.05) is 25.0 Å². The zero-order chi connectivity index (χ0) is 19.3. The van der Waals surface area contributed by atoms with Gasteiger partial charge in [0.2, 0.25) is 5.82 Å². The molecule has 1 fully saturated rings. The van der Waals surface area contributed by atoms with Crippen LogP contribution in [0.3, 0.4) is 0 Å². The number of halogens is 3. The number of sulfonamides is 1. The van der Waals surface area contributed by atoms with E-state index in [4.69, 9.17) is 0 Å². The Bertz CT molecular complexity index is 966. The largest absolute Gasteiger partial charge is 0.451 e. The van der Waals surface area contributed by atoms with E-state index in [0.717, 1.165) is 16.6 Å². The van der Waals surface area contributed by atoms with Crippen LogP contribution in [0.1, 0.15) is 29.6 Å². The Labute approximate surface area is 151 Å². The summed E-state index contributed by atoms with van der Waals surface area (Å²) in [6.45, 7) is 2.05. The third-order valence-corrected chi connectivity index (χ3v) is 7.70. The lowest BCUT2D eigenvalue weighted by Gasteiger charge is -2.30. The smallest absolute Gasteiger partial charge is 0.274 e. The lowest BCUT2D eigenvalue weighted by Crippen LogP contribution is -2.40. The number of thiophene rings is 1. The van der Waals surface area contributed by atoms with Crippen LogP contribution in [0.25, 0.3) is 0 Å². The van der Waals surface area contributed by atoms with E-state index in [0.29, 0.717) is 4.57 Å². The number of nitrogens with zero attached hydrogens (tertiary/aromatic N) is 4. The van der Waals surface area contributed by atoms with E-state index in [-0.39, 0.29) is 30.1 Å². The molecule has 12 heteroatoms. The third-order valence-electron chi connectivity index (χ3n) is 4.34. The molecule has 3 rings (SSSR count). The Hall–Kier alpha value is -1.66. The summed E-state index contributed by atoms with van der Waals surface area (Å²) in [5.41, 5.74) is -0.854. The van der Waals surface area contributed by atoms with Crippen molar-refractivity contribution in [1.82, 2.24) is 18.7 Å². The molecule has 0 bridgehead atoms. The first-order valence-corrected chi connectivity index (χ1v) is 10.1. The summed E-state index contributed by atoms with van der Waals surface area (Å²) in [6, 6.07) is 2.69. The molecule has 0 spiro atoms. The Morgan fingerprint density at radius 3 is 2.31 bits per heavy atom. The van der Waals surface area contributed by atoms with Crippen LogP contribution in [-0.2, 0) is 23.2 Å². The van der Waals surface area contributed by atoms with Crippen molar-refractivity contribution in [3.8, 4) is 0 Å². The molecule has 144 valence electrons. The molecule has 0 N–H and O–H groups in total. The molecule has 0 amide bonds. The molecule has 26 heavy (non-hydrogen) atoms. The minimum absolute atomic E-state index is 0.119. The molecule has 2 aromatic rings. The lowest BCUT2D eigenvalue weighted by atomic mass is 10.1. The second kappa shape index (κ2) is 6.50. The minimum atomic E-state index is -4.72. The fraction of sp³-hybridized carbons (Fsp3) is 0.571. The zero-order valence-electron chi connectivity index (χ0n) is 14.0. The van der Waals surface area contributed by atoms with Crippen LogP contribution in [-0.4, -0.2) is 40.2 Å². The summed E-state index contributed by atoms with van der Waals surface area (Å²) in [5.74, 6) is -1.26. The summed E-state index contributed by atoms with van der Waals surface area (Å²) >= 11 is 1.17. The average molecular weight is 410 g/mol. The molecule has 3 heterocycles. The molecule has 0 atom stereocenters. The second-order valence-corrected chi connectivity index (χ2v) is 9.56. The van der Waals surface area contributed by atoms with Gasteiger partial charge < -0.3 is 0 Å². The van der Waals surface area contributed by atoms with E-state index >= 15 is 0 Å². The molecule has 1 aliphatic rings. The van der Waals surface area contributed by atoms with E-state index < -0.39 is 33.8 Å². The van der Waals surface area contributed by atoms with Crippen molar-refractivity contribution in [2.24, 2.45) is 7.05 Å². The van der Waals surface area contributed by atoms with E-state index in [1.165, 1.54) is 15.6 Å². The third kappa shape index (κ3) is 3.32. The van der Waals surface area contributed by atoms with E-state index in [2.05, 4.69) is 5.10 Å². The Morgan fingerprint density at radius 2 is 1.85 bits per heavy atom. The van der Waals surface area contributed by atoms with Gasteiger partial charge >= 0.3 is 11.9 Å². The number of rotatable bonds is 3. The fourth-order valence-electron chi connectivity index (χ4n) is 2.95. The number of hydrogen-bond acceptors (Lipinski definition) is 5. The van der Waals surface area contributed by atoms with Crippen molar-refractivity contribution in [1.29, 1.82) is 0 Å². The Balaban J connectivity index is 1.78. The predicted octanol–water partition coefficient (Wildman–Crippen LogP) is 2.00. The highest BCUT2D eigenvalue weighted by Crippen LogP contribution is 2.30. The van der Waals surface area contributed by atoms with Crippen LogP contribution in [0, 0.1) is 6.92 Å². The summed E-state index contributed by atoms with van der Waals surface area (Å²) in [6.07, 6.45) is -4.28. The standard InChI is InChI=1S/C14H17F3N4O3S2/c1-9-3-4-11(25-9)26(23,24)20-7-5-10(6-8-20)21-13(22)19(2)12(18-21)14(15,16)17/h3-4,10H,5-8H2,1-2H3. The molecule has 0 radical (unpaired) electrons. The summed E-state index contributed by atoms with van der Waals surface area (Å²) in [4.78, 5) is 12.9. The van der Waals surface area contributed by atoms with Crippen molar-refractivity contribution in [2.75, 3.05) is 13.1 Å². The Kier molecular flexibility index (Phi) is 4.78. The van der Waals surface area contributed by atoms with Gasteiger partial charge in [0.1, 0.15) is 4.21 Å². The molecule has 0 saturated carbocycles. The fourth-order valence-corrected chi connectivity index (χ4v) is 5.85. The SMILES string of the molecule is Cc1ccc(S(=O)(=O)N2CCC(n3nc(C(F)(F)F)n(C)c3=O)CC2)s1. The number of hydrogen-bond donors (Lipinski definition) is 0. The summed E-state index contributed by atoms with van der Waals surface area (Å²) in [5, 5.41) is 3.43. The van der Waals surface area contributed by atoms with E-state index in [1.807, 2.05) is 6.92 Å². The molecule has 0 unspecified atom stereocenters. The average Bonchev–Trinajstić information content (AvgIpc) is 3.12. The van der Waals surface area contributed by atoms with Crippen LogP contribution in [0.15, 0.2) is 21.1 Å². The second-order valence-electron chi connectivity index (χ2n) is 6.11. The summed E-state index contributed by atoms with van der Waals surface area (Å²) < 4.78 is 66.7.